The molecule has 0 spiro atoms. The number of carbonyl (C=O) groups is 1. The number of halogens is 2. The van der Waals surface area contributed by atoms with Crippen molar-refractivity contribution >= 4 is 27.1 Å². The third-order valence-corrected chi connectivity index (χ3v) is 8.48. The van der Waals surface area contributed by atoms with E-state index in [0.717, 1.165) is 18.6 Å². The van der Waals surface area contributed by atoms with Gasteiger partial charge in [-0.2, -0.15) is 5.10 Å². The maximum Gasteiger partial charge on any atom is 1.00 e. The van der Waals surface area contributed by atoms with Crippen LogP contribution in [-0.2, 0) is 10.0 Å². The number of aromatic nitrogens is 2. The standard InChI is InChI=1S/C22H22F2N4O3S.Na/c1-22(7-8-22)32(30,31)26-21(29)17-13-25-28-10-6-15(12-20(17)28)27-9-2-3-19(27)16-11-14(23)4-5-18(16)24;/h4-6,10-13,19H,2-3,7-9H2,1H3,(H,26,29);/q;+1/p-1/t19-;/m1./s1. The topological polar surface area (TPSA) is 85.8 Å². The zero-order valence-corrected chi connectivity index (χ0v) is 21.1. The van der Waals surface area contributed by atoms with Crippen LogP contribution in [0.1, 0.15) is 54.6 Å². The summed E-state index contributed by atoms with van der Waals surface area (Å²) in [4.78, 5) is 14.7. The number of hydrogen-bond acceptors (Lipinski definition) is 5. The first kappa shape index (κ1) is 24.1. The Hall–Kier alpha value is -2.01. The van der Waals surface area contributed by atoms with Gasteiger partial charge in [-0.3, -0.25) is 0 Å². The summed E-state index contributed by atoms with van der Waals surface area (Å²) in [7, 11) is -3.91. The van der Waals surface area contributed by atoms with Crippen LogP contribution < -0.4 is 34.5 Å². The average Bonchev–Trinajstić information content (AvgIpc) is 3.16. The molecule has 3 heterocycles. The van der Waals surface area contributed by atoms with Crippen molar-refractivity contribution in [1.82, 2.24) is 9.61 Å². The molecule has 11 heteroatoms. The molecule has 1 aromatic carbocycles. The van der Waals surface area contributed by atoms with E-state index in [1.54, 1.807) is 25.3 Å². The number of fused-ring (bicyclic) bond motifs is 1. The molecule has 0 radical (unpaired) electrons. The summed E-state index contributed by atoms with van der Waals surface area (Å²) in [5, 5.41) is 4.13. The van der Waals surface area contributed by atoms with Crippen LogP contribution in [-0.4, -0.2) is 35.2 Å². The van der Waals surface area contributed by atoms with Gasteiger partial charge in [0.05, 0.1) is 28.4 Å². The van der Waals surface area contributed by atoms with E-state index in [0.29, 0.717) is 37.0 Å². The first-order valence-corrected chi connectivity index (χ1v) is 11.8. The number of benzene rings is 1. The quantitative estimate of drug-likeness (QED) is 0.513. The van der Waals surface area contributed by atoms with Gasteiger partial charge in [0.15, 0.2) is 0 Å². The van der Waals surface area contributed by atoms with Crippen molar-refractivity contribution in [3.8, 4) is 0 Å². The maximum absolute atomic E-state index is 14.4. The van der Waals surface area contributed by atoms with Crippen LogP contribution in [0.5, 0.6) is 0 Å². The van der Waals surface area contributed by atoms with E-state index < -0.39 is 32.3 Å². The van der Waals surface area contributed by atoms with Crippen LogP contribution in [0.3, 0.4) is 0 Å². The van der Waals surface area contributed by atoms with Gasteiger partial charge in [-0.25, -0.2) is 21.7 Å². The normalized spacial score (nSPS) is 19.4. The van der Waals surface area contributed by atoms with Crippen LogP contribution in [0.4, 0.5) is 14.5 Å². The largest absolute Gasteiger partial charge is 1.00 e. The van der Waals surface area contributed by atoms with Gasteiger partial charge >= 0.3 is 29.6 Å². The number of hydrogen-bond donors (Lipinski definition) is 0. The SMILES string of the molecule is CC1(S(=O)(=O)[N-]C(=O)c2cnn3ccc(N4CCC[C@@H]4c4cc(F)ccc4F)cc23)CC1.[Na+]. The molecule has 1 aliphatic heterocycles. The van der Waals surface area contributed by atoms with Crippen molar-refractivity contribution in [3.63, 3.8) is 0 Å². The summed E-state index contributed by atoms with van der Waals surface area (Å²) in [6.07, 6.45) is 5.36. The van der Waals surface area contributed by atoms with Gasteiger partial charge in [-0.1, -0.05) is 0 Å². The number of rotatable bonds is 5. The number of nitrogens with zero attached hydrogens (tertiary/aromatic N) is 4. The van der Waals surface area contributed by atoms with E-state index in [9.17, 15) is 22.0 Å². The number of sulfonamides is 1. The number of anilines is 1. The molecule has 0 bridgehead atoms. The second-order valence-electron chi connectivity index (χ2n) is 8.61. The predicted molar refractivity (Wildman–Crippen MR) is 115 cm³/mol. The molecule has 1 amide bonds. The zero-order chi connectivity index (χ0) is 22.7. The molecule has 7 nitrogen and oxygen atoms in total. The molecule has 1 saturated heterocycles. The molecule has 2 fully saturated rings. The molecule has 0 N–H and O–H groups in total. The molecule has 0 unspecified atom stereocenters. The molecular weight excluding hydrogens is 461 g/mol. The van der Waals surface area contributed by atoms with E-state index in [-0.39, 0.29) is 46.7 Å². The van der Waals surface area contributed by atoms with E-state index in [2.05, 4.69) is 9.82 Å². The minimum atomic E-state index is -3.91. The summed E-state index contributed by atoms with van der Waals surface area (Å²) < 4.78 is 57.0. The fourth-order valence-electron chi connectivity index (χ4n) is 4.18. The van der Waals surface area contributed by atoms with E-state index in [1.807, 2.05) is 4.90 Å². The number of pyridine rings is 1. The molecule has 168 valence electrons. The Bertz CT molecular complexity index is 1340. The number of amides is 1. The minimum absolute atomic E-state index is 0. The summed E-state index contributed by atoms with van der Waals surface area (Å²) >= 11 is 0. The minimum Gasteiger partial charge on any atom is -0.541 e. The fraction of sp³-hybridized carbons (Fsp3) is 0.364. The van der Waals surface area contributed by atoms with Crippen molar-refractivity contribution in [1.29, 1.82) is 0 Å². The Morgan fingerprint density at radius 1 is 1.21 bits per heavy atom. The molecule has 5 rings (SSSR count). The van der Waals surface area contributed by atoms with E-state index in [1.165, 1.54) is 16.8 Å². The Kier molecular flexibility index (Phi) is 6.32. The molecule has 1 aliphatic carbocycles. The van der Waals surface area contributed by atoms with Crippen LogP contribution in [0, 0.1) is 11.6 Å². The van der Waals surface area contributed by atoms with Crippen LogP contribution >= 0.6 is 0 Å². The third-order valence-electron chi connectivity index (χ3n) is 6.42. The van der Waals surface area contributed by atoms with Crippen molar-refractivity contribution in [2.75, 3.05) is 11.4 Å². The maximum atomic E-state index is 14.4. The van der Waals surface area contributed by atoms with Gasteiger partial charge < -0.3 is 14.4 Å². The summed E-state index contributed by atoms with van der Waals surface area (Å²) in [5.41, 5.74) is 1.46. The van der Waals surface area contributed by atoms with Gasteiger partial charge in [0.2, 0.25) is 0 Å². The summed E-state index contributed by atoms with van der Waals surface area (Å²) in [6.45, 7) is 2.21. The van der Waals surface area contributed by atoms with Crippen LogP contribution in [0.15, 0.2) is 42.7 Å². The van der Waals surface area contributed by atoms with Crippen molar-refractivity contribution in [2.45, 2.75) is 43.4 Å². The fourth-order valence-corrected chi connectivity index (χ4v) is 5.34. The molecule has 2 aliphatic rings. The third kappa shape index (κ3) is 4.29. The Morgan fingerprint density at radius 3 is 2.70 bits per heavy atom. The second kappa shape index (κ2) is 8.65. The molecule has 1 saturated carbocycles. The van der Waals surface area contributed by atoms with Crippen molar-refractivity contribution in [2.24, 2.45) is 0 Å². The van der Waals surface area contributed by atoms with Gasteiger partial charge in [0.25, 0.3) is 0 Å². The van der Waals surface area contributed by atoms with Gasteiger partial charge in [-0.15, -0.1) is 0 Å². The molecule has 1 atom stereocenters. The first-order chi connectivity index (χ1) is 15.2. The average molecular weight is 482 g/mol. The Balaban J connectivity index is 0.00000259. The smallest absolute Gasteiger partial charge is 0.541 e. The first-order valence-electron chi connectivity index (χ1n) is 10.4. The molecule has 2 aromatic heterocycles. The van der Waals surface area contributed by atoms with Crippen LogP contribution in [0.2, 0.25) is 0 Å². The van der Waals surface area contributed by atoms with E-state index >= 15 is 0 Å². The molecule has 33 heavy (non-hydrogen) atoms. The zero-order valence-electron chi connectivity index (χ0n) is 18.3. The summed E-state index contributed by atoms with van der Waals surface area (Å²) in [5.74, 6) is -1.83. The Morgan fingerprint density at radius 2 is 1.97 bits per heavy atom. The molecule has 3 aromatic rings. The van der Waals surface area contributed by atoms with Gasteiger partial charge in [-0.05, 0) is 62.9 Å². The predicted octanol–water partition coefficient (Wildman–Crippen LogP) is 1.35. The monoisotopic (exact) mass is 482 g/mol. The Labute approximate surface area is 212 Å². The van der Waals surface area contributed by atoms with Crippen molar-refractivity contribution in [3.05, 3.63) is 70.2 Å². The number of carbonyl (C=O) groups excluding carboxylic acids is 1. The molecular formula is C22H21F2N4NaO3S. The van der Waals surface area contributed by atoms with E-state index in [4.69, 9.17) is 0 Å². The second-order valence-corrected chi connectivity index (χ2v) is 10.7. The van der Waals surface area contributed by atoms with Gasteiger partial charge in [0, 0.05) is 29.6 Å². The van der Waals surface area contributed by atoms with Gasteiger partial charge in [0.1, 0.15) is 21.7 Å². The summed E-state index contributed by atoms with van der Waals surface area (Å²) in [6, 6.07) is 6.57. The van der Waals surface area contributed by atoms with Crippen molar-refractivity contribution < 1.29 is 51.6 Å². The van der Waals surface area contributed by atoms with Crippen LogP contribution in [0.25, 0.3) is 10.2 Å².